The Kier molecular flexibility index (Phi) is 16.1. The highest BCUT2D eigenvalue weighted by molar-refractivity contribution is 7.41. The first-order valence-corrected chi connectivity index (χ1v) is 18.6. The SMILES string of the molecule is C1CC1.CNC=O.COc1cc(-c2cnc3cc(OC(C)C(C)(C)OP(OCc4ccccc4)OCc4ccccc4)c(C)nn23)cc(OC(F)F)c1C. The van der Waals surface area contributed by atoms with Gasteiger partial charge in [0.25, 0.3) is 0 Å². The van der Waals surface area contributed by atoms with Gasteiger partial charge >= 0.3 is 15.2 Å². The second kappa shape index (κ2) is 20.7. The number of benzene rings is 3. The Morgan fingerprint density at radius 1 is 0.889 bits per heavy atom. The summed E-state index contributed by atoms with van der Waals surface area (Å²) >= 11 is 0. The van der Waals surface area contributed by atoms with Crippen molar-refractivity contribution in [2.45, 2.75) is 85.4 Å². The van der Waals surface area contributed by atoms with E-state index in [4.69, 9.17) is 37.7 Å². The first-order valence-electron chi connectivity index (χ1n) is 17.5. The summed E-state index contributed by atoms with van der Waals surface area (Å²) in [5.41, 5.74) is 3.85. The van der Waals surface area contributed by atoms with Crippen LogP contribution in [0.15, 0.2) is 85.1 Å². The molecular weight excluding hydrogens is 717 g/mol. The maximum atomic E-state index is 13.1. The highest BCUT2D eigenvalue weighted by Gasteiger charge is 2.34. The van der Waals surface area contributed by atoms with Crippen LogP contribution in [-0.2, 0) is 31.6 Å². The molecule has 5 aromatic rings. The number of nitrogens with zero attached hydrogens (tertiary/aromatic N) is 3. The van der Waals surface area contributed by atoms with Gasteiger partial charge in [0.15, 0.2) is 5.65 Å². The third-order valence-electron chi connectivity index (χ3n) is 8.10. The summed E-state index contributed by atoms with van der Waals surface area (Å²) in [6, 6.07) is 24.7. The van der Waals surface area contributed by atoms with Gasteiger partial charge in [0, 0.05) is 24.2 Å². The molecule has 0 saturated heterocycles. The van der Waals surface area contributed by atoms with Gasteiger partial charge in [-0.15, -0.1) is 0 Å². The van der Waals surface area contributed by atoms with Crippen molar-refractivity contribution in [2.24, 2.45) is 0 Å². The molecule has 290 valence electrons. The number of fused-ring (bicyclic) bond motifs is 1. The highest BCUT2D eigenvalue weighted by Crippen LogP contribution is 2.47. The van der Waals surface area contributed by atoms with Crippen LogP contribution in [0.2, 0.25) is 0 Å². The molecule has 3 aromatic carbocycles. The summed E-state index contributed by atoms with van der Waals surface area (Å²) in [4.78, 5) is 13.6. The Hall–Kier alpha value is -4.68. The average Bonchev–Trinajstić information content (AvgIpc) is 4.01. The van der Waals surface area contributed by atoms with Gasteiger partial charge in [-0.05, 0) is 57.9 Å². The molecule has 0 spiro atoms. The van der Waals surface area contributed by atoms with Crippen LogP contribution >= 0.6 is 8.60 Å². The van der Waals surface area contributed by atoms with Crippen molar-refractivity contribution >= 4 is 20.7 Å². The Morgan fingerprint density at radius 2 is 1.44 bits per heavy atom. The molecule has 54 heavy (non-hydrogen) atoms. The summed E-state index contributed by atoms with van der Waals surface area (Å²) in [7, 11) is 1.28. The topological polar surface area (TPSA) is 115 Å². The molecule has 1 N–H and O–H groups in total. The molecule has 0 aliphatic heterocycles. The smallest absolute Gasteiger partial charge is 0.387 e. The van der Waals surface area contributed by atoms with Gasteiger partial charge < -0.3 is 33.1 Å². The summed E-state index contributed by atoms with van der Waals surface area (Å²) in [6.45, 7) is 6.90. The first-order chi connectivity index (χ1) is 25.9. The van der Waals surface area contributed by atoms with Crippen molar-refractivity contribution in [3.63, 3.8) is 0 Å². The number of aryl methyl sites for hydroxylation is 1. The number of aromatic nitrogens is 3. The predicted molar refractivity (Wildman–Crippen MR) is 205 cm³/mol. The van der Waals surface area contributed by atoms with Crippen LogP contribution in [0.4, 0.5) is 8.78 Å². The molecule has 11 nitrogen and oxygen atoms in total. The number of rotatable bonds is 16. The number of hydrogen-bond acceptors (Lipinski definition) is 9. The Bertz CT molecular complexity index is 1850. The zero-order chi connectivity index (χ0) is 39.1. The zero-order valence-electron chi connectivity index (χ0n) is 31.8. The molecule has 1 fully saturated rings. The van der Waals surface area contributed by atoms with Crippen molar-refractivity contribution in [1.82, 2.24) is 19.9 Å². The number of amides is 1. The first kappa shape index (κ1) is 42.1. The van der Waals surface area contributed by atoms with Gasteiger partial charge in [-0.2, -0.15) is 13.9 Å². The van der Waals surface area contributed by atoms with Crippen LogP contribution in [0.1, 0.15) is 62.4 Å². The lowest BCUT2D eigenvalue weighted by atomic mass is 10.0. The normalized spacial score (nSPS) is 12.6. The maximum Gasteiger partial charge on any atom is 0.387 e. The predicted octanol–water partition coefficient (Wildman–Crippen LogP) is 9.38. The number of nitrogens with one attached hydrogen (secondary N) is 1. The van der Waals surface area contributed by atoms with Gasteiger partial charge in [0.2, 0.25) is 6.41 Å². The monoisotopic (exact) mass is 766 g/mol. The zero-order valence-corrected chi connectivity index (χ0v) is 32.6. The number of imidazole rings is 1. The number of carbonyl (C=O) groups is 1. The Balaban J connectivity index is 0.000000844. The molecule has 1 aliphatic rings. The third kappa shape index (κ3) is 12.7. The molecule has 0 bridgehead atoms. The highest BCUT2D eigenvalue weighted by atomic mass is 31.2. The maximum absolute atomic E-state index is 13.1. The van der Waals surface area contributed by atoms with Crippen LogP contribution in [0.25, 0.3) is 16.9 Å². The van der Waals surface area contributed by atoms with Crippen LogP contribution < -0.4 is 19.5 Å². The molecule has 0 radical (unpaired) electrons. The number of halogens is 2. The molecule has 1 unspecified atom stereocenters. The van der Waals surface area contributed by atoms with E-state index < -0.39 is 26.9 Å². The minimum atomic E-state index is -2.98. The van der Waals surface area contributed by atoms with E-state index in [-0.39, 0.29) is 5.75 Å². The fourth-order valence-electron chi connectivity index (χ4n) is 4.63. The van der Waals surface area contributed by atoms with Crippen molar-refractivity contribution in [3.8, 4) is 28.5 Å². The van der Waals surface area contributed by atoms with Crippen molar-refractivity contribution in [1.29, 1.82) is 0 Å². The minimum Gasteiger partial charge on any atom is -0.496 e. The number of ether oxygens (including phenoxy) is 3. The van der Waals surface area contributed by atoms with E-state index in [0.717, 1.165) is 11.1 Å². The minimum absolute atomic E-state index is 0.0116. The third-order valence-corrected chi connectivity index (χ3v) is 9.40. The summed E-state index contributed by atoms with van der Waals surface area (Å²) in [5, 5.41) is 6.97. The van der Waals surface area contributed by atoms with E-state index in [2.05, 4.69) is 10.3 Å². The van der Waals surface area contributed by atoms with Gasteiger partial charge in [-0.3, -0.25) is 4.79 Å². The van der Waals surface area contributed by atoms with E-state index in [0.29, 0.717) is 59.3 Å². The van der Waals surface area contributed by atoms with Gasteiger partial charge in [0.05, 0.1) is 32.2 Å². The van der Waals surface area contributed by atoms with E-state index >= 15 is 0 Å². The van der Waals surface area contributed by atoms with Crippen LogP contribution in [0.3, 0.4) is 0 Å². The second-order valence-corrected chi connectivity index (χ2v) is 14.0. The fourth-order valence-corrected chi connectivity index (χ4v) is 5.85. The van der Waals surface area contributed by atoms with Crippen molar-refractivity contribution in [2.75, 3.05) is 14.2 Å². The Labute approximate surface area is 316 Å². The van der Waals surface area contributed by atoms with Gasteiger partial charge in [-0.1, -0.05) is 79.9 Å². The quantitative estimate of drug-likeness (QED) is 0.0775. The van der Waals surface area contributed by atoms with E-state index in [1.54, 1.807) is 36.8 Å². The van der Waals surface area contributed by atoms with E-state index in [9.17, 15) is 8.78 Å². The van der Waals surface area contributed by atoms with Crippen LogP contribution in [0.5, 0.6) is 17.2 Å². The number of methoxy groups -OCH3 is 1. The molecule has 14 heteroatoms. The number of carbonyl (C=O) groups excluding carboxylic acids is 1. The van der Waals surface area contributed by atoms with E-state index in [1.165, 1.54) is 32.4 Å². The standard InChI is InChI=1S/C35H38F2N3O6P.C3H6.C2H5NO/c1-23-30(41-6)17-28(18-31(23)45-34(36)37)29-20-38-33-19-32(24(2)39-40(29)33)44-25(3)35(4,5)46-47(42-21-26-13-9-7-10-14-26)43-22-27-15-11-8-12-16-27;1-2-3-1;1-3-2-4/h7-20,25,34H,21-22H2,1-6H3;1-3H2;2H,1H3,(H,3,4). The number of alkyl halides is 2. The molecular formula is C40H49F2N4O7P. The number of hydrogen-bond donors (Lipinski definition) is 1. The van der Waals surface area contributed by atoms with Gasteiger partial charge in [-0.25, -0.2) is 9.50 Å². The van der Waals surface area contributed by atoms with Gasteiger partial charge in [0.1, 0.15) is 34.6 Å². The molecule has 1 atom stereocenters. The lowest BCUT2D eigenvalue weighted by molar-refractivity contribution is -0.109. The summed E-state index contributed by atoms with van der Waals surface area (Å²) < 4.78 is 63.2. The Morgan fingerprint density at radius 3 is 1.94 bits per heavy atom. The largest absolute Gasteiger partial charge is 0.496 e. The molecule has 1 amide bonds. The fraction of sp³-hybridized carbons (Fsp3) is 0.375. The van der Waals surface area contributed by atoms with Crippen molar-refractivity contribution < 1.29 is 41.4 Å². The lowest BCUT2D eigenvalue weighted by Crippen LogP contribution is -2.40. The molecule has 6 rings (SSSR count). The summed E-state index contributed by atoms with van der Waals surface area (Å²) in [5.74, 6) is 0.931. The van der Waals surface area contributed by atoms with Crippen LogP contribution in [-0.4, -0.2) is 53.5 Å². The van der Waals surface area contributed by atoms with E-state index in [1.807, 2.05) is 88.4 Å². The second-order valence-electron chi connectivity index (χ2n) is 12.9. The lowest BCUT2D eigenvalue weighted by Gasteiger charge is -2.34. The molecule has 2 aromatic heterocycles. The molecule has 2 heterocycles. The molecule has 1 aliphatic carbocycles. The average molecular weight is 767 g/mol. The van der Waals surface area contributed by atoms with Crippen LogP contribution in [0, 0.1) is 13.8 Å². The summed E-state index contributed by atoms with van der Waals surface area (Å²) in [6.07, 6.45) is 6.28. The molecule has 1 saturated carbocycles. The van der Waals surface area contributed by atoms with Crippen molar-refractivity contribution in [3.05, 3.63) is 107 Å².